The predicted octanol–water partition coefficient (Wildman–Crippen LogP) is 11.4. The van der Waals surface area contributed by atoms with Gasteiger partial charge in [0.05, 0.1) is 39.8 Å². The molecule has 320 valence electrons. The Labute approximate surface area is 377 Å². The summed E-state index contributed by atoms with van der Waals surface area (Å²) >= 11 is 3.36. The molecular weight excluding hydrogens is 856 g/mol. The predicted molar refractivity (Wildman–Crippen MR) is 251 cm³/mol. The highest BCUT2D eigenvalue weighted by Crippen LogP contribution is 2.32. The van der Waals surface area contributed by atoms with Gasteiger partial charge in [0.25, 0.3) is 0 Å². The zero-order chi connectivity index (χ0) is 44.2. The Morgan fingerprint density at radius 1 is 0.429 bits per heavy atom. The van der Waals surface area contributed by atoms with Crippen LogP contribution in [0.25, 0.3) is 22.5 Å². The maximum Gasteiger partial charge on any atom is 0.161 e. The van der Waals surface area contributed by atoms with E-state index in [4.69, 9.17) is 23.7 Å². The number of halogens is 1. The molecule has 10 nitrogen and oxygen atoms in total. The Hall–Kier alpha value is -7.24. The van der Waals surface area contributed by atoms with E-state index in [0.29, 0.717) is 36.7 Å². The molecule has 8 aromatic rings. The molecule has 0 spiro atoms. The lowest BCUT2D eigenvalue weighted by Crippen LogP contribution is -2.00. The van der Waals surface area contributed by atoms with E-state index in [1.165, 1.54) is 12.7 Å². The van der Waals surface area contributed by atoms with Gasteiger partial charge in [-0.2, -0.15) is 0 Å². The van der Waals surface area contributed by atoms with Gasteiger partial charge in [0.1, 0.15) is 30.8 Å². The first-order chi connectivity index (χ1) is 30.9. The molecule has 0 saturated heterocycles. The molecule has 0 atom stereocenters. The molecule has 2 aromatic heterocycles. The molecule has 1 N–H and O–H groups in total. The molecule has 11 heteroatoms. The summed E-state index contributed by atoms with van der Waals surface area (Å²) in [6.45, 7) is 0.478. The molecule has 0 fully saturated rings. The molecule has 0 saturated carbocycles. The van der Waals surface area contributed by atoms with Crippen molar-refractivity contribution in [2.75, 3.05) is 28.4 Å². The summed E-state index contributed by atoms with van der Waals surface area (Å²) in [4.78, 5) is 17.6. The van der Waals surface area contributed by atoms with E-state index in [0.717, 1.165) is 67.4 Å². The third-order valence-electron chi connectivity index (χ3n) is 9.69. The monoisotopic (exact) mass is 904 g/mol. The number of methoxy groups -OCH3 is 4. The summed E-state index contributed by atoms with van der Waals surface area (Å²) in [5.41, 5.74) is 9.71. The van der Waals surface area contributed by atoms with Crippen molar-refractivity contribution in [2.24, 2.45) is 0 Å². The summed E-state index contributed by atoms with van der Waals surface area (Å²) < 4.78 is 27.4. The van der Waals surface area contributed by atoms with Crippen LogP contribution in [0.3, 0.4) is 0 Å². The SMILES string of the molecule is BrCc1ccccc1.COc1ccc(Cc2cc(-c3ccccc3OC)ncn2)cc1O.COc1ccc(Cc2cc(-c3ccccc3OC)ncn2)cc1OCc1ccccc1. The maximum atomic E-state index is 9.90. The largest absolute Gasteiger partial charge is 0.504 e. The fourth-order valence-corrected chi connectivity index (χ4v) is 6.88. The number of rotatable bonds is 14. The first-order valence-electron chi connectivity index (χ1n) is 20.1. The molecule has 0 aliphatic rings. The lowest BCUT2D eigenvalue weighted by atomic mass is 10.1. The molecule has 0 unspecified atom stereocenters. The summed E-state index contributed by atoms with van der Waals surface area (Å²) in [5, 5.41) is 10.8. The van der Waals surface area contributed by atoms with E-state index >= 15 is 0 Å². The number of aromatic nitrogens is 4. The van der Waals surface area contributed by atoms with Crippen molar-refractivity contribution in [3.8, 4) is 57.0 Å². The number of alkyl halides is 1. The van der Waals surface area contributed by atoms with Gasteiger partial charge < -0.3 is 28.8 Å². The molecule has 0 aliphatic heterocycles. The van der Waals surface area contributed by atoms with Crippen LogP contribution >= 0.6 is 15.9 Å². The highest BCUT2D eigenvalue weighted by atomic mass is 79.9. The summed E-state index contributed by atoms with van der Waals surface area (Å²) in [5.74, 6) is 3.54. The zero-order valence-corrected chi connectivity index (χ0v) is 37.2. The van der Waals surface area contributed by atoms with E-state index in [1.54, 1.807) is 46.1 Å². The van der Waals surface area contributed by atoms with Crippen molar-refractivity contribution in [3.63, 3.8) is 0 Å². The third kappa shape index (κ3) is 13.1. The van der Waals surface area contributed by atoms with E-state index < -0.39 is 0 Å². The average Bonchev–Trinajstić information content (AvgIpc) is 3.34. The number of nitrogens with zero attached hydrogens (tertiary/aromatic N) is 4. The van der Waals surface area contributed by atoms with Crippen molar-refractivity contribution in [1.82, 2.24) is 19.9 Å². The second kappa shape index (κ2) is 23.7. The number of ether oxygens (including phenoxy) is 5. The lowest BCUT2D eigenvalue weighted by Gasteiger charge is -2.13. The standard InChI is InChI=1S/C26H24N2O3.C19H18N2O3.C7H7Br/c1-29-24-11-7-6-10-22(24)23-16-21(27-18-28-23)14-20-12-13-25(30-2)26(15-20)31-17-19-8-4-3-5-9-19;1-23-18-6-4-3-5-15(18)16-11-14(20-12-21-16)9-13-7-8-19(24-2)17(22)10-13;8-6-7-4-2-1-3-5-7/h3-13,15-16,18H,14,17H2,1-2H3;3-8,10-12,22H,9H2,1-2H3;1-5H,6H2. The first kappa shape index (κ1) is 45.3. The molecule has 0 aliphatic carbocycles. The molecule has 6 aromatic carbocycles. The third-order valence-corrected chi connectivity index (χ3v) is 10.3. The Morgan fingerprint density at radius 3 is 1.37 bits per heavy atom. The van der Waals surface area contributed by atoms with Crippen LogP contribution in [0.4, 0.5) is 0 Å². The van der Waals surface area contributed by atoms with Gasteiger partial charge in [-0.15, -0.1) is 0 Å². The van der Waals surface area contributed by atoms with Crippen LogP contribution in [0.2, 0.25) is 0 Å². The molecule has 8 rings (SSSR count). The Balaban J connectivity index is 0.000000182. The molecule has 0 radical (unpaired) electrons. The van der Waals surface area contributed by atoms with Crippen molar-refractivity contribution in [3.05, 3.63) is 204 Å². The second-order valence-electron chi connectivity index (χ2n) is 13.9. The zero-order valence-electron chi connectivity index (χ0n) is 35.6. The van der Waals surface area contributed by atoms with Crippen LogP contribution in [0.5, 0.6) is 34.5 Å². The number of phenols is 1. The van der Waals surface area contributed by atoms with Crippen LogP contribution in [-0.2, 0) is 24.8 Å². The van der Waals surface area contributed by atoms with Gasteiger partial charge in [-0.1, -0.05) is 113 Å². The molecule has 0 amide bonds. The van der Waals surface area contributed by atoms with Crippen LogP contribution in [0.1, 0.15) is 33.6 Å². The van der Waals surface area contributed by atoms with Crippen LogP contribution < -0.4 is 23.7 Å². The van der Waals surface area contributed by atoms with Crippen LogP contribution in [-0.4, -0.2) is 53.5 Å². The minimum atomic E-state index is 0.119. The van der Waals surface area contributed by atoms with Gasteiger partial charge in [0.2, 0.25) is 0 Å². The minimum absolute atomic E-state index is 0.119. The number of phenolic OH excluding ortho intramolecular Hbond substituents is 1. The first-order valence-corrected chi connectivity index (χ1v) is 21.2. The maximum absolute atomic E-state index is 9.90. The molecule has 63 heavy (non-hydrogen) atoms. The normalized spacial score (nSPS) is 10.3. The average molecular weight is 906 g/mol. The number of para-hydroxylation sites is 2. The van der Waals surface area contributed by atoms with Crippen LogP contribution in [0, 0.1) is 0 Å². The Kier molecular flexibility index (Phi) is 17.0. The van der Waals surface area contributed by atoms with Crippen molar-refractivity contribution >= 4 is 15.9 Å². The number of hydrogen-bond donors (Lipinski definition) is 1. The Morgan fingerprint density at radius 2 is 0.889 bits per heavy atom. The van der Waals surface area contributed by atoms with E-state index in [1.807, 2.05) is 133 Å². The van der Waals surface area contributed by atoms with E-state index in [2.05, 4.69) is 48.0 Å². The number of hydrogen-bond acceptors (Lipinski definition) is 10. The smallest absolute Gasteiger partial charge is 0.161 e. The van der Waals surface area contributed by atoms with Crippen molar-refractivity contribution in [2.45, 2.75) is 24.8 Å². The molecular formula is C52H49BrN4O6. The highest BCUT2D eigenvalue weighted by Gasteiger charge is 2.12. The fourth-order valence-electron chi connectivity index (χ4n) is 6.51. The van der Waals surface area contributed by atoms with Crippen molar-refractivity contribution < 1.29 is 28.8 Å². The molecule has 2 heterocycles. The van der Waals surface area contributed by atoms with Gasteiger partial charge in [-0.05, 0) is 82.9 Å². The summed E-state index contributed by atoms with van der Waals surface area (Å²) in [6, 6.07) is 51.1. The molecule has 0 bridgehead atoms. The topological polar surface area (TPSA) is 118 Å². The second-order valence-corrected chi connectivity index (χ2v) is 14.5. The summed E-state index contributed by atoms with van der Waals surface area (Å²) in [6.07, 6.45) is 4.37. The lowest BCUT2D eigenvalue weighted by molar-refractivity contribution is 0.284. The van der Waals surface area contributed by atoms with Gasteiger partial charge in [0, 0.05) is 40.7 Å². The van der Waals surface area contributed by atoms with Gasteiger partial charge in [0.15, 0.2) is 23.0 Å². The van der Waals surface area contributed by atoms with Gasteiger partial charge in [-0.3, -0.25) is 0 Å². The van der Waals surface area contributed by atoms with Gasteiger partial charge in [-0.25, -0.2) is 19.9 Å². The fraction of sp³-hybridized carbons (Fsp3) is 0.154. The number of aromatic hydroxyl groups is 1. The van der Waals surface area contributed by atoms with Gasteiger partial charge >= 0.3 is 0 Å². The highest BCUT2D eigenvalue weighted by molar-refractivity contribution is 9.08. The van der Waals surface area contributed by atoms with E-state index in [9.17, 15) is 5.11 Å². The minimum Gasteiger partial charge on any atom is -0.504 e. The van der Waals surface area contributed by atoms with Crippen molar-refractivity contribution in [1.29, 1.82) is 0 Å². The summed E-state index contributed by atoms with van der Waals surface area (Å²) in [7, 11) is 6.48. The Bertz CT molecular complexity index is 2650. The van der Waals surface area contributed by atoms with Crippen LogP contribution in [0.15, 0.2) is 170 Å². The number of benzene rings is 6. The van der Waals surface area contributed by atoms with E-state index in [-0.39, 0.29) is 5.75 Å². The quantitative estimate of drug-likeness (QED) is 0.106.